The second kappa shape index (κ2) is 9.40. The number of benzene rings is 3. The molecule has 0 aliphatic rings. The van der Waals surface area contributed by atoms with Crippen molar-refractivity contribution in [2.24, 2.45) is 4.99 Å². The molecule has 0 unspecified atom stereocenters. The third kappa shape index (κ3) is 3.94. The highest BCUT2D eigenvalue weighted by Crippen LogP contribution is 2.43. The molecule has 6 heteroatoms. The Morgan fingerprint density at radius 1 is 0.795 bits per heavy atom. The first-order valence-corrected chi connectivity index (χ1v) is 12.5. The van der Waals surface area contributed by atoms with Crippen LogP contribution in [0.4, 0.5) is 5.88 Å². The largest absolute Gasteiger partial charge is 0.464 e. The lowest BCUT2D eigenvalue weighted by molar-refractivity contribution is 0.527. The minimum Gasteiger partial charge on any atom is -0.464 e. The van der Waals surface area contributed by atoms with Crippen LogP contribution in [0, 0.1) is 11.3 Å². The summed E-state index contributed by atoms with van der Waals surface area (Å²) in [6, 6.07) is 32.4. The molecule has 0 fully saturated rings. The van der Waals surface area contributed by atoms with Gasteiger partial charge in [-0.15, -0.1) is 0 Å². The Bertz CT molecular complexity index is 1990. The Hall–Kier alpha value is -5.54. The number of aliphatic imine (C=N–C) groups is 1. The van der Waals surface area contributed by atoms with Gasteiger partial charge in [-0.05, 0) is 46.7 Å². The van der Waals surface area contributed by atoms with Gasteiger partial charge in [0.1, 0.15) is 17.4 Å². The summed E-state index contributed by atoms with van der Waals surface area (Å²) in [7, 11) is 0. The average molecular weight is 508 g/mol. The number of nitrogens with zero attached hydrogens (tertiary/aromatic N) is 3. The molecule has 0 spiro atoms. The SMILES string of the molecule is N#Cc1c(N=Cc2cn(Cc3cccc4ccccc34)c3ccccc23)oc(-c2ccco2)c1-c1ccco1. The Morgan fingerprint density at radius 2 is 1.54 bits per heavy atom. The van der Waals surface area contributed by atoms with Gasteiger partial charge in [0.15, 0.2) is 11.5 Å². The van der Waals surface area contributed by atoms with E-state index in [9.17, 15) is 5.26 Å². The predicted octanol–water partition coefficient (Wildman–Crippen LogP) is 8.58. The van der Waals surface area contributed by atoms with Crippen molar-refractivity contribution in [3.63, 3.8) is 0 Å². The number of rotatable bonds is 6. The molecule has 0 saturated carbocycles. The fourth-order valence-electron chi connectivity index (χ4n) is 5.10. The van der Waals surface area contributed by atoms with Gasteiger partial charge in [0.05, 0.1) is 18.1 Å². The molecule has 0 aliphatic carbocycles. The highest BCUT2D eigenvalue weighted by atomic mass is 16.4. The highest BCUT2D eigenvalue weighted by molar-refractivity contribution is 6.00. The third-order valence-electron chi connectivity index (χ3n) is 6.87. The third-order valence-corrected chi connectivity index (χ3v) is 6.87. The van der Waals surface area contributed by atoms with Gasteiger partial charge in [-0.1, -0.05) is 60.7 Å². The second-order valence-electron chi connectivity index (χ2n) is 9.18. The molecule has 39 heavy (non-hydrogen) atoms. The molecule has 186 valence electrons. The van der Waals surface area contributed by atoms with Crippen LogP contribution in [-0.4, -0.2) is 10.8 Å². The fraction of sp³-hybridized carbons (Fsp3) is 0.0303. The van der Waals surface area contributed by atoms with Gasteiger partial charge in [0.2, 0.25) is 5.88 Å². The molecule has 6 nitrogen and oxygen atoms in total. The molecule has 4 aromatic heterocycles. The zero-order valence-corrected chi connectivity index (χ0v) is 20.7. The van der Waals surface area contributed by atoms with E-state index in [1.165, 1.54) is 16.3 Å². The summed E-state index contributed by atoms with van der Waals surface area (Å²) in [6.45, 7) is 0.713. The van der Waals surface area contributed by atoms with E-state index in [1.807, 2.05) is 12.1 Å². The van der Waals surface area contributed by atoms with Crippen LogP contribution in [0.2, 0.25) is 0 Å². The van der Waals surface area contributed by atoms with E-state index in [-0.39, 0.29) is 11.4 Å². The quantitative estimate of drug-likeness (QED) is 0.211. The number of hydrogen-bond acceptors (Lipinski definition) is 5. The van der Waals surface area contributed by atoms with E-state index >= 15 is 0 Å². The van der Waals surface area contributed by atoms with Crippen LogP contribution < -0.4 is 0 Å². The number of furan rings is 3. The molecule has 7 rings (SSSR count). The van der Waals surface area contributed by atoms with Gasteiger partial charge in [-0.2, -0.15) is 5.26 Å². The molecule has 0 saturated heterocycles. The lowest BCUT2D eigenvalue weighted by Gasteiger charge is -2.09. The lowest BCUT2D eigenvalue weighted by atomic mass is 10.0. The predicted molar refractivity (Wildman–Crippen MR) is 151 cm³/mol. The van der Waals surface area contributed by atoms with Crippen molar-refractivity contribution >= 4 is 33.8 Å². The van der Waals surface area contributed by atoms with Crippen molar-refractivity contribution in [1.82, 2.24) is 4.57 Å². The second-order valence-corrected chi connectivity index (χ2v) is 9.18. The zero-order chi connectivity index (χ0) is 26.2. The molecule has 0 atom stereocenters. The van der Waals surface area contributed by atoms with Crippen LogP contribution in [0.3, 0.4) is 0 Å². The van der Waals surface area contributed by atoms with E-state index in [0.717, 1.165) is 16.5 Å². The fourth-order valence-corrected chi connectivity index (χ4v) is 5.10. The number of para-hydroxylation sites is 1. The topological polar surface area (TPSA) is 80.5 Å². The standard InChI is InChI=1S/C33H21N3O3/c34-18-27-31(29-14-6-16-37-29)32(30-15-7-17-38-30)39-33(27)35-19-24-21-36(28-13-4-3-12-26(24)28)20-23-10-5-9-22-8-1-2-11-25(22)23/h1-17,19,21H,20H2. The monoisotopic (exact) mass is 507 g/mol. The Labute approximate surface area is 223 Å². The molecule has 7 aromatic rings. The number of hydrogen-bond donors (Lipinski definition) is 0. The van der Waals surface area contributed by atoms with Crippen molar-refractivity contribution in [2.45, 2.75) is 6.54 Å². The van der Waals surface area contributed by atoms with E-state index in [2.05, 4.69) is 76.4 Å². The van der Waals surface area contributed by atoms with E-state index in [1.54, 1.807) is 43.0 Å². The summed E-state index contributed by atoms with van der Waals surface area (Å²) in [4.78, 5) is 4.66. The van der Waals surface area contributed by atoms with Crippen LogP contribution in [0.5, 0.6) is 0 Å². The smallest absolute Gasteiger partial charge is 0.238 e. The Balaban J connectivity index is 1.32. The van der Waals surface area contributed by atoms with Crippen LogP contribution >= 0.6 is 0 Å². The summed E-state index contributed by atoms with van der Waals surface area (Å²) >= 11 is 0. The zero-order valence-electron chi connectivity index (χ0n) is 20.7. The first-order valence-electron chi connectivity index (χ1n) is 12.5. The van der Waals surface area contributed by atoms with Gasteiger partial charge in [0.25, 0.3) is 0 Å². The maximum atomic E-state index is 10.1. The molecule has 0 N–H and O–H groups in total. The maximum Gasteiger partial charge on any atom is 0.238 e. The van der Waals surface area contributed by atoms with E-state index < -0.39 is 0 Å². The lowest BCUT2D eigenvalue weighted by Crippen LogP contribution is -1.98. The van der Waals surface area contributed by atoms with Crippen molar-refractivity contribution in [1.29, 1.82) is 5.26 Å². The van der Waals surface area contributed by atoms with Crippen molar-refractivity contribution in [3.05, 3.63) is 126 Å². The van der Waals surface area contributed by atoms with Crippen LogP contribution in [0.15, 0.2) is 128 Å². The summed E-state index contributed by atoms with van der Waals surface area (Å²) < 4.78 is 19.5. The van der Waals surface area contributed by atoms with E-state index in [0.29, 0.717) is 29.4 Å². The summed E-state index contributed by atoms with van der Waals surface area (Å²) in [6.07, 6.45) is 6.96. The van der Waals surface area contributed by atoms with Gasteiger partial charge in [0, 0.05) is 35.4 Å². The molecule has 0 aliphatic heterocycles. The van der Waals surface area contributed by atoms with Crippen LogP contribution in [-0.2, 0) is 6.54 Å². The highest BCUT2D eigenvalue weighted by Gasteiger charge is 2.26. The van der Waals surface area contributed by atoms with Gasteiger partial charge >= 0.3 is 0 Å². The van der Waals surface area contributed by atoms with Gasteiger partial charge in [-0.25, -0.2) is 4.99 Å². The van der Waals surface area contributed by atoms with E-state index in [4.69, 9.17) is 13.3 Å². The van der Waals surface area contributed by atoms with Gasteiger partial charge in [-0.3, -0.25) is 0 Å². The average Bonchev–Trinajstić information content (AvgIpc) is 3.79. The molecule has 4 heterocycles. The molecule has 0 bridgehead atoms. The van der Waals surface area contributed by atoms with Gasteiger partial charge < -0.3 is 17.8 Å². The number of nitriles is 1. The molecule has 0 radical (unpaired) electrons. The summed E-state index contributed by atoms with van der Waals surface area (Å²) in [5, 5.41) is 13.6. The minimum atomic E-state index is 0.196. The first kappa shape index (κ1) is 22.6. The number of fused-ring (bicyclic) bond motifs is 2. The maximum absolute atomic E-state index is 10.1. The van der Waals surface area contributed by atoms with Crippen molar-refractivity contribution in [3.8, 4) is 28.9 Å². The molecular weight excluding hydrogens is 486 g/mol. The van der Waals surface area contributed by atoms with Crippen LogP contribution in [0.25, 0.3) is 44.5 Å². The van der Waals surface area contributed by atoms with Crippen molar-refractivity contribution in [2.75, 3.05) is 0 Å². The molecule has 0 amide bonds. The first-order chi connectivity index (χ1) is 19.3. The summed E-state index contributed by atoms with van der Waals surface area (Å²) in [5.41, 5.74) is 4.06. The Kier molecular flexibility index (Phi) is 5.46. The molecular formula is C33H21N3O3. The summed E-state index contributed by atoms with van der Waals surface area (Å²) in [5.74, 6) is 1.60. The van der Waals surface area contributed by atoms with Crippen molar-refractivity contribution < 1.29 is 13.3 Å². The normalized spacial score (nSPS) is 11.6. The minimum absolute atomic E-state index is 0.196. The Morgan fingerprint density at radius 3 is 2.33 bits per heavy atom. The number of aromatic nitrogens is 1. The molecule has 3 aromatic carbocycles. The van der Waals surface area contributed by atoms with Crippen LogP contribution in [0.1, 0.15) is 16.7 Å².